The lowest BCUT2D eigenvalue weighted by Gasteiger charge is -2.52. The van der Waals surface area contributed by atoms with Gasteiger partial charge in [0.1, 0.15) is 232 Å². The van der Waals surface area contributed by atoms with Crippen LogP contribution in [0.25, 0.3) is 0 Å². The Balaban J connectivity index is 0.992. The van der Waals surface area contributed by atoms with Crippen molar-refractivity contribution < 1.29 is 242 Å². The summed E-state index contributed by atoms with van der Waals surface area (Å²) < 4.78 is 114. The van der Waals surface area contributed by atoms with Crippen LogP contribution in [-0.2, 0) is 109 Å². The van der Waals surface area contributed by atoms with Gasteiger partial charge in [-0.25, -0.2) is 0 Å². The minimum atomic E-state index is -2.51. The van der Waals surface area contributed by atoms with Crippen LogP contribution in [0, 0.1) is 0 Å². The number of ether oxygens (including phenoxy) is 19. The zero-order valence-corrected chi connectivity index (χ0v) is 64.7. The Hall–Kier alpha value is -3.92. The molecule has 53 heteroatoms. The smallest absolute Gasteiger partial charge is 0.217 e. The van der Waals surface area contributed by atoms with Crippen molar-refractivity contribution in [1.82, 2.24) is 21.3 Å². The quantitative estimate of drug-likeness (QED) is 0.0306. The van der Waals surface area contributed by atoms with Crippen molar-refractivity contribution in [2.24, 2.45) is 0 Å². The molecule has 0 saturated carbocycles. The predicted molar refractivity (Wildman–Crippen MR) is 369 cm³/mol. The first kappa shape index (κ1) is 98.3. The number of carbonyl (C=O) groups is 4. The molecule has 4 amide bonds. The van der Waals surface area contributed by atoms with E-state index in [0.29, 0.717) is 0 Å². The molecule has 10 fully saturated rings. The van der Waals surface area contributed by atoms with Crippen LogP contribution in [0.2, 0.25) is 0 Å². The number of carbonyl (C=O) groups excluding carboxylic acids is 4. The average Bonchev–Trinajstić information content (AvgIpc) is 1.67. The Morgan fingerprint density at radius 2 is 0.525 bits per heavy atom. The third-order valence-electron chi connectivity index (χ3n) is 22.1. The highest BCUT2D eigenvalue weighted by Crippen LogP contribution is 2.42. The molecule has 53 nitrogen and oxygen atoms in total. The van der Waals surface area contributed by atoms with E-state index >= 15 is 0 Å². The first-order valence-corrected chi connectivity index (χ1v) is 38.4. The van der Waals surface area contributed by atoms with Gasteiger partial charge in [-0.3, -0.25) is 19.2 Å². The minimum absolute atomic E-state index is 0.838. The minimum Gasteiger partial charge on any atom is -0.394 e. The van der Waals surface area contributed by atoms with E-state index in [4.69, 9.17) is 90.0 Å². The second-order valence-corrected chi connectivity index (χ2v) is 30.5. The molecule has 0 aromatic carbocycles. The van der Waals surface area contributed by atoms with Crippen LogP contribution in [0.4, 0.5) is 0 Å². The number of nitrogens with one attached hydrogen (secondary N) is 4. The van der Waals surface area contributed by atoms with Crippen LogP contribution in [0.1, 0.15) is 34.6 Å². The van der Waals surface area contributed by atoms with Crippen LogP contribution >= 0.6 is 0 Å². The molecule has 0 aromatic rings. The third kappa shape index (κ3) is 21.4. The van der Waals surface area contributed by atoms with E-state index in [9.17, 15) is 152 Å². The highest BCUT2D eigenvalue weighted by molar-refractivity contribution is 5.74. The molecule has 120 heavy (non-hydrogen) atoms. The molecular weight excluding hydrogens is 1640 g/mol. The molecule has 10 saturated heterocycles. The second-order valence-electron chi connectivity index (χ2n) is 30.5. The first-order valence-electron chi connectivity index (χ1n) is 38.4. The van der Waals surface area contributed by atoms with E-state index in [1.54, 1.807) is 0 Å². The number of hydrogen-bond acceptors (Lipinski definition) is 49. The molecule has 0 radical (unpaired) electrons. The summed E-state index contributed by atoms with van der Waals surface area (Å²) in [5.74, 6) is -3.61. The summed E-state index contributed by atoms with van der Waals surface area (Å²) in [4.78, 5) is 51.4. The normalized spacial score (nSPS) is 49.6. The fraction of sp³-hybridized carbons (Fsp3) is 0.940. The molecule has 0 aliphatic carbocycles. The van der Waals surface area contributed by atoms with Gasteiger partial charge in [0.2, 0.25) is 23.6 Å². The van der Waals surface area contributed by atoms with Gasteiger partial charge in [0.25, 0.3) is 0 Å². The summed E-state index contributed by atoms with van der Waals surface area (Å²) in [6.45, 7) is -4.91. The van der Waals surface area contributed by atoms with Crippen molar-refractivity contribution in [3.8, 4) is 0 Å². The standard InChI is InChI=1S/C67H112N4O49/c1-15-33(84)41(92)46(97)63(103-15)118-55-31(70-18(4)82)58(101)104-27(13-79)53(55)116-60-30(69-17(3)81)40(91)50(24(10-76)109-60)115-67-57(120-64-45(96)36(87)22(8-74)108-64)56(119-66-49(100)44(95)52(26(12-78)111-66)113-59-29(68-16(2)80)39(90)34(85)20(6-72)105-59)38(89)28(112-67)14-102-62-48(99)43(94)51(25(11-77)110-62)114-61-32(71-19(5)83)54(37(88)23(9-75)106-61)117-65-47(98)42(93)35(86)21(7-73)107-65/h15,20-67,72-79,84-101H,6-14H2,1-5H3,(H,68,80)(H,69,81)(H,70,82)(H,71,83)/t15-,20+,21+,22+,23+,24+,25+,26+,27+,28+,29+,30+,31+,32+,33+,34+,35-,36-,37+,38+,39+,40+,41+,42-,43+,44+,45+,46-,47+,48-,49-,50+,51+,52+,53+,54+,55+,56-,57-,58?,59-,60-,61-,62-,63-,64-,65-,66+,67-/m0/s1. The van der Waals surface area contributed by atoms with Crippen molar-refractivity contribution in [3.05, 3.63) is 0 Å². The lowest BCUT2D eigenvalue weighted by molar-refractivity contribution is -0.403. The molecule has 10 aliphatic rings. The van der Waals surface area contributed by atoms with Crippen LogP contribution in [0.5, 0.6) is 0 Å². The van der Waals surface area contributed by atoms with Gasteiger partial charge < -0.3 is 244 Å². The Morgan fingerprint density at radius 3 is 1.02 bits per heavy atom. The zero-order chi connectivity index (χ0) is 88.2. The van der Waals surface area contributed by atoms with Crippen molar-refractivity contribution in [2.45, 2.75) is 335 Å². The maximum atomic E-state index is 13.4. The molecule has 0 spiro atoms. The third-order valence-corrected chi connectivity index (χ3v) is 22.1. The van der Waals surface area contributed by atoms with Gasteiger partial charge in [-0.2, -0.15) is 0 Å². The number of aliphatic hydroxyl groups is 26. The van der Waals surface area contributed by atoms with Crippen molar-refractivity contribution in [2.75, 3.05) is 59.5 Å². The van der Waals surface area contributed by atoms with E-state index in [2.05, 4.69) is 21.3 Å². The Kier molecular flexibility index (Phi) is 35.0. The lowest BCUT2D eigenvalue weighted by Crippen LogP contribution is -2.71. The van der Waals surface area contributed by atoms with Gasteiger partial charge in [0.05, 0.1) is 65.6 Å². The molecule has 0 bridgehead atoms. The van der Waals surface area contributed by atoms with Gasteiger partial charge in [-0.05, 0) is 6.92 Å². The van der Waals surface area contributed by atoms with Gasteiger partial charge in [-0.15, -0.1) is 0 Å². The topological polar surface area (TPSA) is 818 Å². The first-order chi connectivity index (χ1) is 56.8. The SMILES string of the molecule is CC(=O)N[C@H]1[C@H](O[C@H]2[C@H](O[C@@H]3O[C@@H](C)[C@@H](O)[C@@H](O)[C@@H]3O)[C@@H](NC(C)=O)C(O)O[C@@H]2CO)O[C@H](CO)[C@@H](O[C@@H]2O[C@H](CO[C@H]3O[C@H](CO)[C@@H](O[C@@H]4O[C@H](CO)[C@@H](O)[C@H](O[C@@H]5O[C@H](CO)[C@H](O)[C@H](O)[C@H]5O)[C@H]4NC(C)=O)[C@H](O)[C@@H]3O)[C@@H](O)[C@H](O[C@H]3O[C@H](CO)[C@@H](O[C@@H]4O[C@H](CO)[C@@H](O)[C@H](O)[C@H]4NC(C)=O)[C@H](O)[C@@H]3O)[C@@H]2O[C@@H]2O[C@H](CO)[C@H](O)[C@H]2O)[C@@H]1O. The van der Waals surface area contributed by atoms with Crippen LogP contribution < -0.4 is 21.3 Å². The largest absolute Gasteiger partial charge is 0.394 e. The summed E-state index contributed by atoms with van der Waals surface area (Å²) in [5, 5.41) is 300. The fourth-order valence-electron chi connectivity index (χ4n) is 15.7. The number of hydrogen-bond donors (Lipinski definition) is 30. The molecule has 1 unspecified atom stereocenters. The lowest BCUT2D eigenvalue weighted by atomic mass is 9.93. The molecular formula is C67H112N4O49. The summed E-state index contributed by atoms with van der Waals surface area (Å²) in [6.07, 6.45) is -92.9. The van der Waals surface area contributed by atoms with Gasteiger partial charge in [-0.1, -0.05) is 0 Å². The van der Waals surface area contributed by atoms with E-state index in [1.807, 2.05) is 0 Å². The summed E-state index contributed by atoms with van der Waals surface area (Å²) in [6, 6.07) is -7.36. The van der Waals surface area contributed by atoms with E-state index in [0.717, 1.165) is 27.7 Å². The van der Waals surface area contributed by atoms with Gasteiger partial charge in [0.15, 0.2) is 62.9 Å². The van der Waals surface area contributed by atoms with Crippen molar-refractivity contribution in [3.63, 3.8) is 0 Å². The van der Waals surface area contributed by atoms with Crippen LogP contribution in [0.15, 0.2) is 0 Å². The number of aliphatic hydroxyl groups excluding tert-OH is 26. The molecule has 694 valence electrons. The summed E-state index contributed by atoms with van der Waals surface area (Å²) in [7, 11) is 0. The zero-order valence-electron chi connectivity index (χ0n) is 64.7. The predicted octanol–water partition coefficient (Wildman–Crippen LogP) is -20.6. The van der Waals surface area contributed by atoms with E-state index in [-0.39, 0.29) is 0 Å². The highest BCUT2D eigenvalue weighted by Gasteiger charge is 2.62. The van der Waals surface area contributed by atoms with Gasteiger partial charge in [0, 0.05) is 27.7 Å². The monoisotopic (exact) mass is 1760 g/mol. The number of amides is 4. The maximum absolute atomic E-state index is 13.4. The Labute approximate surface area is 679 Å². The fourth-order valence-corrected chi connectivity index (χ4v) is 15.7. The van der Waals surface area contributed by atoms with Gasteiger partial charge >= 0.3 is 0 Å². The molecule has 10 aliphatic heterocycles. The van der Waals surface area contributed by atoms with Crippen LogP contribution in [0.3, 0.4) is 0 Å². The highest BCUT2D eigenvalue weighted by atomic mass is 16.8. The molecule has 49 atom stereocenters. The number of rotatable bonds is 31. The van der Waals surface area contributed by atoms with Crippen molar-refractivity contribution in [1.29, 1.82) is 0 Å². The van der Waals surface area contributed by atoms with Crippen molar-refractivity contribution >= 4 is 23.6 Å². The van der Waals surface area contributed by atoms with E-state index < -0.39 is 384 Å². The average molecular weight is 1760 g/mol. The van der Waals surface area contributed by atoms with Crippen LogP contribution in [-0.4, -0.2) is 517 Å². The second kappa shape index (κ2) is 42.8. The molecule has 0 aromatic heterocycles. The molecule has 10 rings (SSSR count). The Morgan fingerprint density at radius 1 is 0.233 bits per heavy atom. The molecule has 10 heterocycles. The summed E-state index contributed by atoms with van der Waals surface area (Å²) >= 11 is 0. The summed E-state index contributed by atoms with van der Waals surface area (Å²) in [5.41, 5.74) is 0. The Bertz CT molecular complexity index is 3230. The maximum Gasteiger partial charge on any atom is 0.217 e. The van der Waals surface area contributed by atoms with E-state index in [1.165, 1.54) is 6.92 Å². The molecule has 30 N–H and O–H groups in total.